The highest BCUT2D eigenvalue weighted by Gasteiger charge is 2.16. The van der Waals surface area contributed by atoms with Crippen molar-refractivity contribution in [3.05, 3.63) is 60.2 Å². The van der Waals surface area contributed by atoms with E-state index in [4.69, 9.17) is 5.73 Å². The standard InChI is InChI=1S/C14H13NO2/c1-2-12(16)11-8-7-9-5-3-4-6-10(9)13(11)14(15)17/h2-8,12,16H,1H2,(H2,15,17). The maximum Gasteiger partial charge on any atom is 0.249 e. The zero-order valence-electron chi connectivity index (χ0n) is 9.26. The molecule has 0 bridgehead atoms. The molecule has 0 spiro atoms. The molecule has 2 aromatic rings. The smallest absolute Gasteiger partial charge is 0.249 e. The van der Waals surface area contributed by atoms with Gasteiger partial charge in [0, 0.05) is 0 Å². The molecule has 17 heavy (non-hydrogen) atoms. The molecule has 3 nitrogen and oxygen atoms in total. The van der Waals surface area contributed by atoms with Gasteiger partial charge in [-0.05, 0) is 16.3 Å². The minimum atomic E-state index is -0.887. The van der Waals surface area contributed by atoms with E-state index in [2.05, 4.69) is 6.58 Å². The molecule has 0 aromatic heterocycles. The Hall–Kier alpha value is -2.13. The second kappa shape index (κ2) is 4.39. The maximum atomic E-state index is 11.5. The summed E-state index contributed by atoms with van der Waals surface area (Å²) in [4.78, 5) is 11.5. The lowest BCUT2D eigenvalue weighted by Gasteiger charge is -2.12. The van der Waals surface area contributed by atoms with Gasteiger partial charge in [-0.2, -0.15) is 0 Å². The summed E-state index contributed by atoms with van der Waals surface area (Å²) in [5, 5.41) is 11.5. The first-order valence-electron chi connectivity index (χ1n) is 5.27. The van der Waals surface area contributed by atoms with Gasteiger partial charge in [0.1, 0.15) is 0 Å². The van der Waals surface area contributed by atoms with Crippen molar-refractivity contribution < 1.29 is 9.90 Å². The molecule has 1 atom stereocenters. The average molecular weight is 227 g/mol. The van der Waals surface area contributed by atoms with Gasteiger partial charge in [0.05, 0.1) is 11.7 Å². The van der Waals surface area contributed by atoms with Gasteiger partial charge in [0.2, 0.25) is 5.91 Å². The number of benzene rings is 2. The molecule has 0 radical (unpaired) electrons. The largest absolute Gasteiger partial charge is 0.384 e. The second-order valence-corrected chi connectivity index (χ2v) is 3.80. The Morgan fingerprint density at radius 2 is 2.00 bits per heavy atom. The zero-order chi connectivity index (χ0) is 12.4. The SMILES string of the molecule is C=CC(O)c1ccc2ccccc2c1C(N)=O. The third-order valence-electron chi connectivity index (χ3n) is 2.75. The van der Waals surface area contributed by atoms with Crippen molar-refractivity contribution in [1.29, 1.82) is 0 Å². The number of nitrogens with two attached hydrogens (primary N) is 1. The van der Waals surface area contributed by atoms with E-state index in [9.17, 15) is 9.90 Å². The number of carbonyl (C=O) groups excluding carboxylic acids is 1. The van der Waals surface area contributed by atoms with Gasteiger partial charge in [-0.3, -0.25) is 4.79 Å². The Bertz CT molecular complexity index is 590. The van der Waals surface area contributed by atoms with Crippen LogP contribution in [-0.4, -0.2) is 11.0 Å². The normalized spacial score (nSPS) is 12.3. The predicted octanol–water partition coefficient (Wildman–Crippen LogP) is 2.16. The average Bonchev–Trinajstić information content (AvgIpc) is 2.36. The molecule has 0 heterocycles. The van der Waals surface area contributed by atoms with Crippen molar-refractivity contribution in [3.8, 4) is 0 Å². The topological polar surface area (TPSA) is 63.3 Å². The summed E-state index contributed by atoms with van der Waals surface area (Å²) in [6.45, 7) is 3.52. The number of aliphatic hydroxyl groups is 1. The fourth-order valence-corrected chi connectivity index (χ4v) is 1.94. The second-order valence-electron chi connectivity index (χ2n) is 3.80. The molecule has 0 aliphatic rings. The summed E-state index contributed by atoms with van der Waals surface area (Å²) in [6, 6.07) is 11.0. The number of aliphatic hydroxyl groups excluding tert-OH is 1. The van der Waals surface area contributed by atoms with Crippen LogP contribution in [0.3, 0.4) is 0 Å². The van der Waals surface area contributed by atoms with Crippen molar-refractivity contribution in [1.82, 2.24) is 0 Å². The first-order chi connectivity index (χ1) is 8.15. The Balaban J connectivity index is 2.81. The van der Waals surface area contributed by atoms with Gasteiger partial charge in [-0.15, -0.1) is 6.58 Å². The highest BCUT2D eigenvalue weighted by Crippen LogP contribution is 2.26. The zero-order valence-corrected chi connectivity index (χ0v) is 9.26. The van der Waals surface area contributed by atoms with E-state index in [0.717, 1.165) is 10.8 Å². The van der Waals surface area contributed by atoms with E-state index in [1.807, 2.05) is 30.3 Å². The fraction of sp³-hybridized carbons (Fsp3) is 0.0714. The maximum absolute atomic E-state index is 11.5. The monoisotopic (exact) mass is 227 g/mol. The minimum Gasteiger partial charge on any atom is -0.384 e. The predicted molar refractivity (Wildman–Crippen MR) is 67.6 cm³/mol. The molecular weight excluding hydrogens is 214 g/mol. The Morgan fingerprint density at radius 3 is 2.65 bits per heavy atom. The lowest BCUT2D eigenvalue weighted by molar-refractivity contribution is 0.0997. The van der Waals surface area contributed by atoms with Crippen molar-refractivity contribution >= 4 is 16.7 Å². The van der Waals surface area contributed by atoms with Gasteiger partial charge in [0.15, 0.2) is 0 Å². The minimum absolute atomic E-state index is 0.357. The molecule has 3 heteroatoms. The van der Waals surface area contributed by atoms with Crippen LogP contribution in [0.4, 0.5) is 0 Å². The van der Waals surface area contributed by atoms with Crippen LogP contribution in [-0.2, 0) is 0 Å². The quantitative estimate of drug-likeness (QED) is 0.789. The Labute approximate surface area is 99.2 Å². The number of hydrogen-bond acceptors (Lipinski definition) is 2. The van der Waals surface area contributed by atoms with Gasteiger partial charge in [-0.25, -0.2) is 0 Å². The van der Waals surface area contributed by atoms with E-state index >= 15 is 0 Å². The number of rotatable bonds is 3. The lowest BCUT2D eigenvalue weighted by atomic mass is 9.95. The molecule has 3 N–H and O–H groups in total. The number of primary amides is 1. The van der Waals surface area contributed by atoms with Gasteiger partial charge in [-0.1, -0.05) is 42.5 Å². The summed E-state index contributed by atoms with van der Waals surface area (Å²) >= 11 is 0. The van der Waals surface area contributed by atoms with Crippen LogP contribution in [0.1, 0.15) is 22.0 Å². The summed E-state index contributed by atoms with van der Waals surface area (Å²) in [6.07, 6.45) is 0.485. The van der Waals surface area contributed by atoms with Crippen LogP contribution >= 0.6 is 0 Å². The molecule has 0 aliphatic carbocycles. The van der Waals surface area contributed by atoms with Crippen LogP contribution in [0.15, 0.2) is 49.1 Å². The summed E-state index contributed by atoms with van der Waals surface area (Å²) in [5.41, 5.74) is 6.24. The first kappa shape index (κ1) is 11.4. The summed E-state index contributed by atoms with van der Waals surface area (Å²) in [7, 11) is 0. The van der Waals surface area contributed by atoms with Crippen LogP contribution in [0.5, 0.6) is 0 Å². The molecular formula is C14H13NO2. The van der Waals surface area contributed by atoms with Crippen molar-refractivity contribution in [3.63, 3.8) is 0 Å². The molecule has 0 fully saturated rings. The van der Waals surface area contributed by atoms with E-state index in [1.54, 1.807) is 6.07 Å². The number of fused-ring (bicyclic) bond motifs is 1. The van der Waals surface area contributed by atoms with Gasteiger partial charge in [0.25, 0.3) is 0 Å². The van der Waals surface area contributed by atoms with Crippen LogP contribution in [0, 0.1) is 0 Å². The van der Waals surface area contributed by atoms with E-state index < -0.39 is 12.0 Å². The van der Waals surface area contributed by atoms with Crippen molar-refractivity contribution in [2.45, 2.75) is 6.10 Å². The fourth-order valence-electron chi connectivity index (χ4n) is 1.94. The van der Waals surface area contributed by atoms with Crippen molar-refractivity contribution in [2.24, 2.45) is 5.73 Å². The van der Waals surface area contributed by atoms with E-state index in [-0.39, 0.29) is 0 Å². The number of amides is 1. The van der Waals surface area contributed by atoms with Gasteiger partial charge >= 0.3 is 0 Å². The molecule has 1 unspecified atom stereocenters. The molecule has 0 saturated carbocycles. The molecule has 86 valence electrons. The first-order valence-corrected chi connectivity index (χ1v) is 5.27. The van der Waals surface area contributed by atoms with Gasteiger partial charge < -0.3 is 10.8 Å². The third kappa shape index (κ3) is 1.92. The highest BCUT2D eigenvalue weighted by molar-refractivity contribution is 6.07. The van der Waals surface area contributed by atoms with E-state index in [0.29, 0.717) is 11.1 Å². The molecule has 2 aromatic carbocycles. The molecule has 0 saturated heterocycles. The third-order valence-corrected chi connectivity index (χ3v) is 2.75. The summed E-state index contributed by atoms with van der Waals surface area (Å²) < 4.78 is 0. The molecule has 2 rings (SSSR count). The molecule has 1 amide bonds. The number of carbonyl (C=O) groups is 1. The summed E-state index contributed by atoms with van der Waals surface area (Å²) in [5.74, 6) is -0.544. The lowest BCUT2D eigenvalue weighted by Crippen LogP contribution is -2.15. The Morgan fingerprint density at radius 1 is 1.29 bits per heavy atom. The number of hydrogen-bond donors (Lipinski definition) is 2. The van der Waals surface area contributed by atoms with Crippen LogP contribution < -0.4 is 5.73 Å². The highest BCUT2D eigenvalue weighted by atomic mass is 16.3. The molecule has 0 aliphatic heterocycles. The van der Waals surface area contributed by atoms with Crippen LogP contribution in [0.25, 0.3) is 10.8 Å². The van der Waals surface area contributed by atoms with Crippen molar-refractivity contribution in [2.75, 3.05) is 0 Å². The Kier molecular flexibility index (Phi) is 2.93. The van der Waals surface area contributed by atoms with E-state index in [1.165, 1.54) is 6.08 Å². The van der Waals surface area contributed by atoms with Crippen LogP contribution in [0.2, 0.25) is 0 Å².